The van der Waals surface area contributed by atoms with Crippen molar-refractivity contribution in [2.24, 2.45) is 0 Å². The standard InChI is InChI=1S/C13H18N2O.ClH.H2O/c1-13(2)14-11(12(16)15(13)3)9-10-7-5-4-6-8-10;;/h4-8,11,14H,9H2,1-3H3;1H;1H2/t11-;;/m1../s1. The number of likely N-dealkylation sites (N-methyl/N-ethyl adjacent to an activating group) is 1. The first kappa shape index (κ1) is 16.9. The Morgan fingerprint density at radius 1 is 1.28 bits per heavy atom. The minimum Gasteiger partial charge on any atom is -1.00 e. The zero-order valence-electron chi connectivity index (χ0n) is 11.0. The van der Waals surface area contributed by atoms with Crippen LogP contribution in [0.3, 0.4) is 0 Å². The van der Waals surface area contributed by atoms with E-state index in [0.717, 1.165) is 6.42 Å². The Morgan fingerprint density at radius 3 is 2.28 bits per heavy atom. The van der Waals surface area contributed by atoms with E-state index in [-0.39, 0.29) is 35.5 Å². The Kier molecular flexibility index (Phi) is 5.80. The smallest absolute Gasteiger partial charge is 0.285 e. The van der Waals surface area contributed by atoms with Gasteiger partial charge in [0.05, 0.1) is 0 Å². The van der Waals surface area contributed by atoms with Crippen LogP contribution in [0, 0.1) is 0 Å². The van der Waals surface area contributed by atoms with Crippen LogP contribution in [0.5, 0.6) is 0 Å². The summed E-state index contributed by atoms with van der Waals surface area (Å²) in [5.41, 5.74) is 1.11. The molecule has 1 aliphatic rings. The van der Waals surface area contributed by atoms with Crippen LogP contribution < -0.4 is 17.7 Å². The van der Waals surface area contributed by atoms with Gasteiger partial charge in [0.2, 0.25) is 0 Å². The van der Waals surface area contributed by atoms with Crippen molar-refractivity contribution >= 4 is 5.91 Å². The third kappa shape index (κ3) is 3.22. The van der Waals surface area contributed by atoms with Gasteiger partial charge in [0.25, 0.3) is 5.91 Å². The predicted molar refractivity (Wildman–Crippen MR) is 66.3 cm³/mol. The fourth-order valence-electron chi connectivity index (χ4n) is 2.22. The molecule has 0 aliphatic carbocycles. The van der Waals surface area contributed by atoms with Crippen molar-refractivity contribution in [3.05, 3.63) is 35.9 Å². The van der Waals surface area contributed by atoms with E-state index in [9.17, 15) is 4.79 Å². The van der Waals surface area contributed by atoms with Gasteiger partial charge < -0.3 is 23.2 Å². The normalized spacial score (nSPS) is 21.2. The van der Waals surface area contributed by atoms with Gasteiger partial charge in [-0.05, 0) is 5.56 Å². The lowest BCUT2D eigenvalue weighted by atomic mass is 10.1. The second-order valence-corrected chi connectivity index (χ2v) is 5.01. The van der Waals surface area contributed by atoms with Gasteiger partial charge in [-0.1, -0.05) is 30.3 Å². The van der Waals surface area contributed by atoms with E-state index in [1.54, 1.807) is 0 Å². The molecule has 1 atom stereocenters. The monoisotopic (exact) mass is 272 g/mol. The highest BCUT2D eigenvalue weighted by molar-refractivity contribution is 5.82. The zero-order valence-corrected chi connectivity index (χ0v) is 11.7. The quantitative estimate of drug-likeness (QED) is 0.598. The molecular formula is C13H21ClN2O2. The van der Waals surface area contributed by atoms with E-state index in [2.05, 4.69) is 31.3 Å². The molecule has 0 aromatic heterocycles. The van der Waals surface area contributed by atoms with Crippen molar-refractivity contribution in [3.63, 3.8) is 0 Å². The number of benzene rings is 1. The summed E-state index contributed by atoms with van der Waals surface area (Å²) in [5, 5.41) is 2.16. The maximum absolute atomic E-state index is 12.0. The summed E-state index contributed by atoms with van der Waals surface area (Å²) < 4.78 is 0. The highest BCUT2D eigenvalue weighted by atomic mass is 35.5. The van der Waals surface area contributed by atoms with Gasteiger partial charge in [-0.25, -0.2) is 0 Å². The van der Waals surface area contributed by atoms with Gasteiger partial charge in [0.15, 0.2) is 11.7 Å². The van der Waals surface area contributed by atoms with E-state index in [0.29, 0.717) is 0 Å². The minimum absolute atomic E-state index is 0. The minimum atomic E-state index is -0.115. The number of halogens is 1. The van der Waals surface area contributed by atoms with Crippen molar-refractivity contribution in [3.8, 4) is 0 Å². The zero-order chi connectivity index (χ0) is 11.8. The maximum atomic E-state index is 12.0. The molecule has 4 N–H and O–H groups in total. The summed E-state index contributed by atoms with van der Waals surface area (Å²) in [6, 6.07) is 10.2. The number of carbonyl (C=O) groups is 1. The summed E-state index contributed by atoms with van der Waals surface area (Å²) in [6.07, 6.45) is 0.813. The SMILES string of the molecule is CN1C(=O)[C@@H](Cc2ccccc2)[NH2+]C1(C)C.O.[Cl-]. The van der Waals surface area contributed by atoms with Gasteiger partial charge >= 0.3 is 0 Å². The van der Waals surface area contributed by atoms with Crippen LogP contribution in [-0.2, 0) is 11.2 Å². The maximum Gasteiger partial charge on any atom is 0.285 e. The lowest BCUT2D eigenvalue weighted by molar-refractivity contribution is -0.737. The molecular weight excluding hydrogens is 252 g/mol. The molecule has 0 radical (unpaired) electrons. The van der Waals surface area contributed by atoms with Crippen molar-refractivity contribution in [1.82, 2.24) is 4.90 Å². The van der Waals surface area contributed by atoms with Crippen LogP contribution in [0.15, 0.2) is 30.3 Å². The van der Waals surface area contributed by atoms with Crippen molar-refractivity contribution in [1.29, 1.82) is 0 Å². The molecule has 4 nitrogen and oxygen atoms in total. The van der Waals surface area contributed by atoms with Gasteiger partial charge in [-0.15, -0.1) is 0 Å². The Morgan fingerprint density at radius 2 is 1.83 bits per heavy atom. The van der Waals surface area contributed by atoms with E-state index in [1.165, 1.54) is 5.56 Å². The second kappa shape index (κ2) is 6.18. The average molecular weight is 273 g/mol. The summed E-state index contributed by atoms with van der Waals surface area (Å²) in [5.74, 6) is 0.230. The third-order valence-electron chi connectivity index (χ3n) is 3.42. The fraction of sp³-hybridized carbons (Fsp3) is 0.462. The van der Waals surface area contributed by atoms with Crippen LogP contribution in [0.4, 0.5) is 0 Å². The van der Waals surface area contributed by atoms with Crippen LogP contribution >= 0.6 is 0 Å². The molecule has 1 aromatic carbocycles. The van der Waals surface area contributed by atoms with Gasteiger partial charge in [-0.2, -0.15) is 0 Å². The van der Waals surface area contributed by atoms with Gasteiger partial charge in [-0.3, -0.25) is 9.69 Å². The van der Waals surface area contributed by atoms with Crippen LogP contribution in [0.1, 0.15) is 19.4 Å². The number of carbonyl (C=O) groups excluding carboxylic acids is 1. The van der Waals surface area contributed by atoms with E-state index < -0.39 is 0 Å². The molecule has 0 spiro atoms. The number of rotatable bonds is 2. The highest BCUT2D eigenvalue weighted by Gasteiger charge is 2.46. The van der Waals surface area contributed by atoms with Gasteiger partial charge in [0.1, 0.15) is 0 Å². The Hall–Kier alpha value is -1.10. The molecule has 1 amide bonds. The third-order valence-corrected chi connectivity index (χ3v) is 3.42. The molecule has 1 heterocycles. The average Bonchev–Trinajstić information content (AvgIpc) is 2.44. The summed E-state index contributed by atoms with van der Waals surface area (Å²) in [4.78, 5) is 13.9. The molecule has 102 valence electrons. The number of amides is 1. The van der Waals surface area contributed by atoms with Crippen molar-refractivity contribution in [2.45, 2.75) is 32.0 Å². The van der Waals surface area contributed by atoms with Crippen molar-refractivity contribution < 1.29 is 28.0 Å². The lowest BCUT2D eigenvalue weighted by Gasteiger charge is -2.22. The molecule has 0 saturated carbocycles. The summed E-state index contributed by atoms with van der Waals surface area (Å²) in [7, 11) is 1.88. The fourth-order valence-corrected chi connectivity index (χ4v) is 2.22. The van der Waals surface area contributed by atoms with Crippen molar-refractivity contribution in [2.75, 3.05) is 7.05 Å². The van der Waals surface area contributed by atoms with Crippen LogP contribution in [-0.4, -0.2) is 35.0 Å². The molecule has 2 rings (SSSR count). The largest absolute Gasteiger partial charge is 1.00 e. The molecule has 18 heavy (non-hydrogen) atoms. The number of nitrogens with zero attached hydrogens (tertiary/aromatic N) is 1. The summed E-state index contributed by atoms with van der Waals surface area (Å²) in [6.45, 7) is 4.16. The Balaban J connectivity index is 0.00000144. The molecule has 5 heteroatoms. The molecule has 0 unspecified atom stereocenters. The molecule has 1 aliphatic heterocycles. The first-order valence-electron chi connectivity index (χ1n) is 5.68. The number of nitrogens with two attached hydrogens (primary N) is 1. The number of quaternary nitrogens is 1. The highest BCUT2D eigenvalue weighted by Crippen LogP contribution is 2.13. The molecule has 0 bridgehead atoms. The Bertz CT molecular complexity index is 395. The number of hydrogen-bond donors (Lipinski definition) is 1. The molecule has 1 aromatic rings. The predicted octanol–water partition coefficient (Wildman–Crippen LogP) is -3.45. The number of hydrogen-bond acceptors (Lipinski definition) is 1. The van der Waals surface area contributed by atoms with E-state index in [4.69, 9.17) is 0 Å². The van der Waals surface area contributed by atoms with Crippen LogP contribution in [0.2, 0.25) is 0 Å². The van der Waals surface area contributed by atoms with E-state index in [1.807, 2.05) is 30.1 Å². The molecule has 1 saturated heterocycles. The van der Waals surface area contributed by atoms with E-state index >= 15 is 0 Å². The summed E-state index contributed by atoms with van der Waals surface area (Å²) >= 11 is 0. The van der Waals surface area contributed by atoms with Crippen LogP contribution in [0.25, 0.3) is 0 Å². The topological polar surface area (TPSA) is 68.4 Å². The first-order chi connectivity index (χ1) is 7.50. The first-order valence-corrected chi connectivity index (χ1v) is 5.68. The van der Waals surface area contributed by atoms with Gasteiger partial charge in [0, 0.05) is 27.3 Å². The lowest BCUT2D eigenvalue weighted by Crippen LogP contribution is -3.00. The molecule has 1 fully saturated rings. The Labute approximate surface area is 114 Å². The second-order valence-electron chi connectivity index (χ2n) is 5.01.